The number of rotatable bonds is 6. The van der Waals surface area contributed by atoms with Gasteiger partial charge in [-0.15, -0.1) is 6.58 Å². The van der Waals surface area contributed by atoms with Gasteiger partial charge >= 0.3 is 0 Å². The van der Waals surface area contributed by atoms with E-state index in [-0.39, 0.29) is 17.4 Å². The summed E-state index contributed by atoms with van der Waals surface area (Å²) in [5, 5.41) is 4.19. The third-order valence-electron chi connectivity index (χ3n) is 3.65. The van der Waals surface area contributed by atoms with E-state index in [1.54, 1.807) is 6.08 Å². The molecule has 0 aromatic heterocycles. The third-order valence-corrected chi connectivity index (χ3v) is 3.65. The van der Waals surface area contributed by atoms with Gasteiger partial charge in [0.2, 0.25) is 5.91 Å². The van der Waals surface area contributed by atoms with Crippen LogP contribution in [-0.4, -0.2) is 35.7 Å². The molecule has 0 N–H and O–H groups in total. The minimum Gasteiger partial charge on any atom is -0.390 e. The van der Waals surface area contributed by atoms with Crippen LogP contribution in [0.25, 0.3) is 0 Å². The van der Waals surface area contributed by atoms with Gasteiger partial charge in [-0.3, -0.25) is 4.79 Å². The van der Waals surface area contributed by atoms with Gasteiger partial charge in [0.1, 0.15) is 0 Å². The normalized spacial score (nSPS) is 17.3. The standard InChI is InChI=1S/C19H26N2O2/c1-5-11-21(18(22)13-19(2,3)4)14-16-12-17(20-23-16)15-9-7-6-8-10-15/h5-10,16H,1,11-14H2,2-4H3. The third kappa shape index (κ3) is 5.23. The predicted octanol–water partition coefficient (Wildman–Crippen LogP) is 3.63. The molecule has 1 aromatic carbocycles. The van der Waals surface area contributed by atoms with Gasteiger partial charge in [0.15, 0.2) is 6.10 Å². The van der Waals surface area contributed by atoms with Crippen LogP contribution in [0.15, 0.2) is 48.1 Å². The maximum atomic E-state index is 12.5. The van der Waals surface area contributed by atoms with Crippen molar-refractivity contribution in [2.75, 3.05) is 13.1 Å². The van der Waals surface area contributed by atoms with E-state index in [1.165, 1.54) is 0 Å². The van der Waals surface area contributed by atoms with Crippen LogP contribution in [0.1, 0.15) is 39.2 Å². The summed E-state index contributed by atoms with van der Waals surface area (Å²) in [7, 11) is 0. The molecular weight excluding hydrogens is 288 g/mol. The van der Waals surface area contributed by atoms with E-state index < -0.39 is 0 Å². The highest BCUT2D eigenvalue weighted by molar-refractivity contribution is 6.01. The van der Waals surface area contributed by atoms with Crippen molar-refractivity contribution in [3.8, 4) is 0 Å². The molecule has 1 unspecified atom stereocenters. The van der Waals surface area contributed by atoms with Crippen LogP contribution < -0.4 is 0 Å². The molecule has 0 saturated heterocycles. The lowest BCUT2D eigenvalue weighted by Crippen LogP contribution is -2.39. The minimum atomic E-state index is -0.0888. The second kappa shape index (κ2) is 7.44. The van der Waals surface area contributed by atoms with E-state index in [2.05, 4.69) is 32.5 Å². The Labute approximate surface area is 138 Å². The number of carbonyl (C=O) groups is 1. The summed E-state index contributed by atoms with van der Waals surface area (Å²) in [6, 6.07) is 10.0. The first-order valence-electron chi connectivity index (χ1n) is 8.06. The van der Waals surface area contributed by atoms with Crippen molar-refractivity contribution in [3.63, 3.8) is 0 Å². The number of hydrogen-bond acceptors (Lipinski definition) is 3. The number of amides is 1. The molecule has 0 radical (unpaired) electrons. The zero-order valence-corrected chi connectivity index (χ0v) is 14.3. The lowest BCUT2D eigenvalue weighted by atomic mass is 9.91. The summed E-state index contributed by atoms with van der Waals surface area (Å²) in [5.41, 5.74) is 1.99. The monoisotopic (exact) mass is 314 g/mol. The molecule has 0 saturated carbocycles. The molecule has 1 aromatic rings. The second-order valence-corrected chi connectivity index (χ2v) is 7.16. The molecule has 1 aliphatic heterocycles. The molecule has 2 rings (SSSR count). The highest BCUT2D eigenvalue weighted by atomic mass is 16.6. The molecule has 1 amide bonds. The Morgan fingerprint density at radius 1 is 1.39 bits per heavy atom. The fourth-order valence-electron chi connectivity index (χ4n) is 2.57. The van der Waals surface area contributed by atoms with Crippen molar-refractivity contribution in [1.82, 2.24) is 4.90 Å². The summed E-state index contributed by atoms with van der Waals surface area (Å²) in [4.78, 5) is 19.8. The number of carbonyl (C=O) groups excluding carboxylic acids is 1. The molecule has 4 nitrogen and oxygen atoms in total. The van der Waals surface area contributed by atoms with Crippen molar-refractivity contribution in [2.45, 2.75) is 39.7 Å². The Kier molecular flexibility index (Phi) is 5.59. The van der Waals surface area contributed by atoms with E-state index in [0.717, 1.165) is 17.7 Å². The molecule has 124 valence electrons. The smallest absolute Gasteiger partial charge is 0.223 e. The van der Waals surface area contributed by atoms with Gasteiger partial charge < -0.3 is 9.74 Å². The van der Waals surface area contributed by atoms with Gasteiger partial charge in [0.25, 0.3) is 0 Å². The van der Waals surface area contributed by atoms with Crippen LogP contribution in [0.4, 0.5) is 0 Å². The molecule has 0 aliphatic carbocycles. The van der Waals surface area contributed by atoms with E-state index in [0.29, 0.717) is 19.5 Å². The van der Waals surface area contributed by atoms with Gasteiger partial charge in [-0.1, -0.05) is 62.3 Å². The second-order valence-electron chi connectivity index (χ2n) is 7.16. The molecule has 1 atom stereocenters. The summed E-state index contributed by atoms with van der Waals surface area (Å²) < 4.78 is 0. The topological polar surface area (TPSA) is 41.9 Å². The van der Waals surface area contributed by atoms with Crippen LogP contribution in [0, 0.1) is 5.41 Å². The van der Waals surface area contributed by atoms with Crippen molar-refractivity contribution in [3.05, 3.63) is 48.6 Å². The van der Waals surface area contributed by atoms with Crippen molar-refractivity contribution >= 4 is 11.6 Å². The average Bonchev–Trinajstić information content (AvgIpc) is 2.94. The lowest BCUT2D eigenvalue weighted by Gasteiger charge is -2.27. The van der Waals surface area contributed by atoms with Gasteiger partial charge in [-0.2, -0.15) is 0 Å². The summed E-state index contributed by atoms with van der Waals surface area (Å²) in [6.07, 6.45) is 2.91. The zero-order valence-electron chi connectivity index (χ0n) is 14.3. The predicted molar refractivity (Wildman–Crippen MR) is 93.3 cm³/mol. The Morgan fingerprint density at radius 3 is 2.70 bits per heavy atom. The summed E-state index contributed by atoms with van der Waals surface area (Å²) in [6.45, 7) is 11.0. The van der Waals surface area contributed by atoms with E-state index in [9.17, 15) is 4.79 Å². The van der Waals surface area contributed by atoms with Crippen LogP contribution >= 0.6 is 0 Å². The fourth-order valence-corrected chi connectivity index (χ4v) is 2.57. The average molecular weight is 314 g/mol. The summed E-state index contributed by atoms with van der Waals surface area (Å²) in [5.74, 6) is 0.133. The first-order chi connectivity index (χ1) is 10.9. The Hall–Kier alpha value is -2.10. The minimum absolute atomic E-state index is 0.0290. The van der Waals surface area contributed by atoms with Gasteiger partial charge in [0, 0.05) is 19.4 Å². The van der Waals surface area contributed by atoms with Gasteiger partial charge in [-0.05, 0) is 11.0 Å². The largest absolute Gasteiger partial charge is 0.390 e. The van der Waals surface area contributed by atoms with Gasteiger partial charge in [-0.25, -0.2) is 0 Å². The van der Waals surface area contributed by atoms with E-state index in [4.69, 9.17) is 4.84 Å². The number of hydrogen-bond donors (Lipinski definition) is 0. The maximum Gasteiger partial charge on any atom is 0.223 e. The molecule has 0 fully saturated rings. The number of nitrogens with zero attached hydrogens (tertiary/aromatic N) is 2. The highest BCUT2D eigenvalue weighted by Crippen LogP contribution is 2.22. The first-order valence-corrected chi connectivity index (χ1v) is 8.06. The lowest BCUT2D eigenvalue weighted by molar-refractivity contribution is -0.134. The van der Waals surface area contributed by atoms with Crippen LogP contribution in [0.3, 0.4) is 0 Å². The van der Waals surface area contributed by atoms with Crippen molar-refractivity contribution < 1.29 is 9.63 Å². The van der Waals surface area contributed by atoms with Crippen LogP contribution in [0.5, 0.6) is 0 Å². The van der Waals surface area contributed by atoms with E-state index >= 15 is 0 Å². The number of benzene rings is 1. The zero-order chi connectivity index (χ0) is 16.9. The van der Waals surface area contributed by atoms with Crippen molar-refractivity contribution in [2.24, 2.45) is 10.6 Å². The Morgan fingerprint density at radius 2 is 2.09 bits per heavy atom. The highest BCUT2D eigenvalue weighted by Gasteiger charge is 2.27. The van der Waals surface area contributed by atoms with Crippen LogP contribution in [0.2, 0.25) is 0 Å². The molecule has 23 heavy (non-hydrogen) atoms. The molecular formula is C19H26N2O2. The Balaban J connectivity index is 1.95. The van der Waals surface area contributed by atoms with E-state index in [1.807, 2.05) is 35.2 Å². The molecule has 1 aliphatic rings. The fraction of sp³-hybridized carbons (Fsp3) is 0.474. The summed E-state index contributed by atoms with van der Waals surface area (Å²) >= 11 is 0. The SMILES string of the molecule is C=CCN(CC1CC(c2ccccc2)=NO1)C(=O)CC(C)(C)C. The number of oxime groups is 1. The van der Waals surface area contributed by atoms with Gasteiger partial charge in [0.05, 0.1) is 12.3 Å². The molecule has 1 heterocycles. The Bertz CT molecular complexity index is 573. The maximum absolute atomic E-state index is 12.5. The first kappa shape index (κ1) is 17.3. The van der Waals surface area contributed by atoms with Crippen LogP contribution in [-0.2, 0) is 9.63 Å². The molecule has 0 bridgehead atoms. The molecule has 0 spiro atoms. The molecule has 4 heteroatoms. The van der Waals surface area contributed by atoms with Crippen molar-refractivity contribution in [1.29, 1.82) is 0 Å². The quantitative estimate of drug-likeness (QED) is 0.752.